The monoisotopic (exact) mass is 1040 g/mol. The molecule has 0 aliphatic heterocycles. The van der Waals surface area contributed by atoms with Gasteiger partial charge < -0.3 is 84.0 Å². The summed E-state index contributed by atoms with van der Waals surface area (Å²) in [4.78, 5) is 176. The Morgan fingerprint density at radius 1 is 0.408 bits per heavy atom. The summed E-state index contributed by atoms with van der Waals surface area (Å²) in [6, 6.07) is -15.7. The summed E-state index contributed by atoms with van der Waals surface area (Å²) in [5.74, 6) is -19.6. The molecule has 0 aliphatic rings. The van der Waals surface area contributed by atoms with E-state index in [2.05, 4.69) is 37.2 Å². The molecule has 0 aromatic heterocycles. The van der Waals surface area contributed by atoms with Crippen molar-refractivity contribution < 1.29 is 103 Å². The van der Waals surface area contributed by atoms with Gasteiger partial charge in [-0.1, -0.05) is 13.8 Å². The van der Waals surface area contributed by atoms with Crippen molar-refractivity contribution in [3.05, 3.63) is 0 Å². The maximum absolute atomic E-state index is 13.9. The summed E-state index contributed by atoms with van der Waals surface area (Å²) in [7, 11) is 0. The van der Waals surface area contributed by atoms with Crippen LogP contribution in [0.2, 0.25) is 0 Å². The molecule has 0 spiro atoms. The second-order valence-corrected chi connectivity index (χ2v) is 17.2. The molecule has 0 aromatic rings. The lowest BCUT2D eigenvalue weighted by Crippen LogP contribution is -2.62. The first kappa shape index (κ1) is 63.8. The highest BCUT2D eigenvalue weighted by molar-refractivity contribution is 7.98. The maximum atomic E-state index is 13.9. The van der Waals surface area contributed by atoms with E-state index in [1.807, 2.05) is 5.32 Å². The number of amides is 8. The molecule has 0 aromatic carbocycles. The summed E-state index contributed by atoms with van der Waals surface area (Å²) >= 11 is 1.16. The number of carboxylic acid groups (broad SMARTS) is 6. The maximum Gasteiger partial charge on any atom is 0.326 e. The van der Waals surface area contributed by atoms with Gasteiger partial charge in [0.25, 0.3) is 0 Å². The standard InChI is InChI=1S/C40H63N9O21S/c1-16(2)30(38(67)47-24(40(69)70)15-29(59)60)48-36(65)21(8-11-27(55)56)43-33(62)19(6-9-25(51)52)42-35(64)22(12-13-71-5)44-34(63)20(7-10-26(53)54)45-39(68)31(18(4)50)49-37(66)23(14-28(57)58)46-32(61)17(3)41/h16-24,30-31,50H,6-15,41H2,1-5H3,(H,42,64)(H,43,62)(H,44,63)(H,45,68)(H,46,61)(H,47,67)(H,48,65)(H,49,66)(H,51,52)(H,53,54)(H,55,56)(H,57,58)(H,59,60)(H,69,70)/t17-,18+,19-,20-,21-,22-,23-,24-,30-,31-/m0/s1. The molecule has 0 radical (unpaired) electrons. The highest BCUT2D eigenvalue weighted by Crippen LogP contribution is 2.11. The fourth-order valence-electron chi connectivity index (χ4n) is 5.96. The van der Waals surface area contributed by atoms with Crippen LogP contribution in [-0.2, 0) is 67.1 Å². The molecule has 0 aliphatic carbocycles. The number of nitrogens with one attached hydrogen (secondary N) is 8. The Labute approximate surface area is 409 Å². The number of carbonyl (C=O) groups excluding carboxylic acids is 8. The van der Waals surface area contributed by atoms with Crippen LogP contribution in [0.5, 0.6) is 0 Å². The van der Waals surface area contributed by atoms with Gasteiger partial charge in [-0.25, -0.2) is 4.79 Å². The molecular formula is C40H63N9O21S. The number of hydrogen-bond acceptors (Lipinski definition) is 17. The summed E-state index contributed by atoms with van der Waals surface area (Å²) in [6.45, 7) is 5.03. The third-order valence-electron chi connectivity index (χ3n) is 9.81. The molecule has 0 saturated heterocycles. The molecule has 0 fully saturated rings. The topological polar surface area (TPSA) is 503 Å². The average Bonchev–Trinajstić information content (AvgIpc) is 3.25. The molecule has 31 heteroatoms. The smallest absolute Gasteiger partial charge is 0.326 e. The van der Waals surface area contributed by atoms with E-state index in [1.165, 1.54) is 20.8 Å². The zero-order chi connectivity index (χ0) is 54.9. The molecule has 400 valence electrons. The van der Waals surface area contributed by atoms with Crippen LogP contribution in [0.4, 0.5) is 0 Å². The first-order valence-electron chi connectivity index (χ1n) is 21.6. The number of carbonyl (C=O) groups is 14. The third kappa shape index (κ3) is 25.3. The molecule has 30 nitrogen and oxygen atoms in total. The Morgan fingerprint density at radius 3 is 1.06 bits per heavy atom. The largest absolute Gasteiger partial charge is 0.481 e. The van der Waals surface area contributed by atoms with Crippen molar-refractivity contribution in [3.8, 4) is 0 Å². The molecule has 8 amide bonds. The number of hydrogen-bond donors (Lipinski definition) is 16. The Balaban J connectivity index is 6.77. The number of thioether (sulfide) groups is 1. The van der Waals surface area contributed by atoms with Gasteiger partial charge in [0.2, 0.25) is 47.3 Å². The van der Waals surface area contributed by atoms with Crippen LogP contribution in [0.1, 0.15) is 85.5 Å². The Bertz CT molecular complexity index is 1970. The van der Waals surface area contributed by atoms with E-state index in [1.54, 1.807) is 6.26 Å². The first-order valence-corrected chi connectivity index (χ1v) is 23.0. The number of aliphatic hydroxyl groups excluding tert-OH is 1. The van der Waals surface area contributed by atoms with Crippen molar-refractivity contribution in [1.82, 2.24) is 42.5 Å². The van der Waals surface area contributed by atoms with E-state index < -0.39 is 201 Å². The van der Waals surface area contributed by atoms with Crippen molar-refractivity contribution in [1.29, 1.82) is 0 Å². The molecule has 0 unspecified atom stereocenters. The lowest BCUT2D eigenvalue weighted by molar-refractivity contribution is -0.147. The molecule has 0 bridgehead atoms. The van der Waals surface area contributed by atoms with Crippen LogP contribution in [0.25, 0.3) is 0 Å². The van der Waals surface area contributed by atoms with Crippen molar-refractivity contribution in [3.63, 3.8) is 0 Å². The van der Waals surface area contributed by atoms with Gasteiger partial charge in [-0.3, -0.25) is 62.3 Å². The number of rotatable bonds is 35. The van der Waals surface area contributed by atoms with Gasteiger partial charge in [-0.15, -0.1) is 0 Å². The van der Waals surface area contributed by atoms with Crippen LogP contribution < -0.4 is 48.3 Å². The van der Waals surface area contributed by atoms with Crippen LogP contribution in [0.3, 0.4) is 0 Å². The van der Waals surface area contributed by atoms with E-state index in [4.69, 9.17) is 10.8 Å². The predicted molar refractivity (Wildman–Crippen MR) is 241 cm³/mol. The lowest BCUT2D eigenvalue weighted by Gasteiger charge is -2.28. The summed E-state index contributed by atoms with van der Waals surface area (Å²) in [5.41, 5.74) is 5.48. The van der Waals surface area contributed by atoms with E-state index >= 15 is 0 Å². The number of aliphatic carboxylic acids is 6. The highest BCUT2D eigenvalue weighted by atomic mass is 32.2. The molecule has 0 saturated carbocycles. The quantitative estimate of drug-likeness (QED) is 0.0282. The summed E-state index contributed by atoms with van der Waals surface area (Å²) in [5, 5.41) is 83.6. The summed E-state index contributed by atoms with van der Waals surface area (Å²) in [6.07, 6.45) is -6.89. The second kappa shape index (κ2) is 31.9. The fraction of sp³-hybridized carbons (Fsp3) is 0.650. The second-order valence-electron chi connectivity index (χ2n) is 16.2. The van der Waals surface area contributed by atoms with Gasteiger partial charge in [-0.2, -0.15) is 11.8 Å². The normalized spacial score (nSPS) is 15.2. The van der Waals surface area contributed by atoms with Crippen molar-refractivity contribution in [2.24, 2.45) is 11.7 Å². The Hall–Kier alpha value is -7.15. The number of carboxylic acids is 6. The van der Waals surface area contributed by atoms with Gasteiger partial charge in [0.05, 0.1) is 25.0 Å². The zero-order valence-electron chi connectivity index (χ0n) is 39.3. The van der Waals surface area contributed by atoms with E-state index in [0.29, 0.717) is 0 Å². The first-order chi connectivity index (χ1) is 32.9. The van der Waals surface area contributed by atoms with Crippen LogP contribution in [0, 0.1) is 5.92 Å². The lowest BCUT2D eigenvalue weighted by atomic mass is 10.0. The minimum Gasteiger partial charge on any atom is -0.481 e. The van der Waals surface area contributed by atoms with Gasteiger partial charge >= 0.3 is 35.8 Å². The molecule has 17 N–H and O–H groups in total. The molecular weight excluding hydrogens is 975 g/mol. The van der Waals surface area contributed by atoms with Gasteiger partial charge in [0, 0.05) is 19.3 Å². The Kier molecular flexibility index (Phi) is 28.7. The van der Waals surface area contributed by atoms with E-state index in [9.17, 15) is 97.8 Å². The van der Waals surface area contributed by atoms with Crippen LogP contribution in [-0.4, -0.2) is 191 Å². The molecule has 71 heavy (non-hydrogen) atoms. The number of nitrogens with two attached hydrogens (primary N) is 1. The zero-order valence-corrected chi connectivity index (χ0v) is 40.1. The molecule has 0 rings (SSSR count). The number of aliphatic hydroxyl groups is 1. The fourth-order valence-corrected chi connectivity index (χ4v) is 6.44. The Morgan fingerprint density at radius 2 is 0.718 bits per heavy atom. The van der Waals surface area contributed by atoms with Gasteiger partial charge in [-0.05, 0) is 57.5 Å². The average molecular weight is 1040 g/mol. The minimum atomic E-state index is -1.97. The van der Waals surface area contributed by atoms with Crippen molar-refractivity contribution in [2.75, 3.05) is 12.0 Å². The van der Waals surface area contributed by atoms with E-state index in [-0.39, 0.29) is 12.2 Å². The van der Waals surface area contributed by atoms with Gasteiger partial charge in [0.1, 0.15) is 48.3 Å². The van der Waals surface area contributed by atoms with Crippen LogP contribution in [0.15, 0.2) is 0 Å². The molecule has 0 heterocycles. The predicted octanol–water partition coefficient (Wildman–Crippen LogP) is -5.37. The van der Waals surface area contributed by atoms with Crippen LogP contribution >= 0.6 is 11.8 Å². The van der Waals surface area contributed by atoms with Gasteiger partial charge in [0.15, 0.2) is 0 Å². The molecule has 10 atom stereocenters. The minimum absolute atomic E-state index is 0.106. The SMILES string of the molecule is CSCC[C@H](NC(=O)[C@H](CCC(=O)O)NC(=O)[C@@H](NC(=O)[C@H](CC(=O)O)NC(=O)[C@H](C)N)[C@@H](C)O)C(=O)N[C@@H](CCC(=O)O)C(=O)N[C@@H](CCC(=O)O)C(=O)N[C@H](C(=O)N[C@@H](CC(=O)O)C(=O)O)C(C)C. The van der Waals surface area contributed by atoms with Crippen molar-refractivity contribution >= 4 is 94.8 Å². The highest BCUT2D eigenvalue weighted by Gasteiger charge is 2.37. The summed E-state index contributed by atoms with van der Waals surface area (Å²) < 4.78 is 0. The van der Waals surface area contributed by atoms with E-state index in [0.717, 1.165) is 18.7 Å². The third-order valence-corrected chi connectivity index (χ3v) is 10.5. The van der Waals surface area contributed by atoms with Crippen molar-refractivity contribution in [2.45, 2.75) is 146 Å².